The summed E-state index contributed by atoms with van der Waals surface area (Å²) in [5.41, 5.74) is 0.246. The number of sulfonamides is 1. The van der Waals surface area contributed by atoms with E-state index in [9.17, 15) is 12.8 Å². The summed E-state index contributed by atoms with van der Waals surface area (Å²) in [6.07, 6.45) is 0. The zero-order chi connectivity index (χ0) is 16.6. The highest BCUT2D eigenvalue weighted by atomic mass is 79.9. The van der Waals surface area contributed by atoms with Crippen LogP contribution in [-0.4, -0.2) is 8.42 Å². The zero-order valence-electron chi connectivity index (χ0n) is 11.6. The van der Waals surface area contributed by atoms with Crippen molar-refractivity contribution in [3.8, 4) is 0 Å². The van der Waals surface area contributed by atoms with Crippen LogP contribution < -0.4 is 4.72 Å². The minimum Gasteiger partial charge on any atom is -0.278 e. The quantitative estimate of drug-likeness (QED) is 0.640. The summed E-state index contributed by atoms with van der Waals surface area (Å²) in [4.78, 5) is 0.0665. The van der Waals surface area contributed by atoms with Crippen molar-refractivity contribution < 1.29 is 12.8 Å². The van der Waals surface area contributed by atoms with Gasteiger partial charge in [0.2, 0.25) is 0 Å². The Hall–Kier alpha value is -1.63. The molecule has 0 aliphatic heterocycles. The normalized spacial score (nSPS) is 11.6. The Labute approximate surface area is 146 Å². The number of benzene rings is 3. The van der Waals surface area contributed by atoms with E-state index in [1.807, 2.05) is 0 Å². The van der Waals surface area contributed by atoms with E-state index in [1.165, 1.54) is 24.3 Å². The minimum absolute atomic E-state index is 0.0665. The van der Waals surface area contributed by atoms with Gasteiger partial charge in [-0.1, -0.05) is 35.9 Å². The second-order valence-corrected chi connectivity index (χ2v) is 7.74. The Bertz CT molecular complexity index is 1000. The predicted molar refractivity (Wildman–Crippen MR) is 93.9 cm³/mol. The molecule has 0 saturated carbocycles. The van der Waals surface area contributed by atoms with Crippen molar-refractivity contribution in [2.75, 3.05) is 4.72 Å². The molecular weight excluding hydrogens is 405 g/mol. The second kappa shape index (κ2) is 6.11. The predicted octanol–water partition coefficient (Wildman–Crippen LogP) is 5.20. The molecule has 0 aliphatic carbocycles. The first-order valence-corrected chi connectivity index (χ1v) is 9.19. The van der Waals surface area contributed by atoms with Crippen molar-refractivity contribution in [1.29, 1.82) is 0 Å². The lowest BCUT2D eigenvalue weighted by Gasteiger charge is -2.12. The van der Waals surface area contributed by atoms with Gasteiger partial charge in [-0.3, -0.25) is 4.72 Å². The van der Waals surface area contributed by atoms with Crippen LogP contribution in [0.25, 0.3) is 10.8 Å². The van der Waals surface area contributed by atoms with Gasteiger partial charge >= 0.3 is 0 Å². The van der Waals surface area contributed by atoms with Gasteiger partial charge in [-0.05, 0) is 51.6 Å². The van der Waals surface area contributed by atoms with Crippen LogP contribution >= 0.6 is 27.5 Å². The van der Waals surface area contributed by atoms with Crippen molar-refractivity contribution in [3.63, 3.8) is 0 Å². The fourth-order valence-electron chi connectivity index (χ4n) is 2.26. The van der Waals surface area contributed by atoms with E-state index in [4.69, 9.17) is 11.6 Å². The van der Waals surface area contributed by atoms with E-state index >= 15 is 0 Å². The minimum atomic E-state index is -3.88. The molecule has 7 heteroatoms. The molecule has 3 rings (SSSR count). The molecule has 3 nitrogen and oxygen atoms in total. The molecule has 0 unspecified atom stereocenters. The molecule has 0 radical (unpaired) electrons. The van der Waals surface area contributed by atoms with E-state index in [1.54, 1.807) is 30.3 Å². The van der Waals surface area contributed by atoms with Gasteiger partial charge in [0.1, 0.15) is 5.82 Å². The number of hydrogen-bond acceptors (Lipinski definition) is 2. The average molecular weight is 415 g/mol. The van der Waals surface area contributed by atoms with Gasteiger partial charge in [0.15, 0.2) is 0 Å². The number of fused-ring (bicyclic) bond motifs is 1. The Morgan fingerprint density at radius 1 is 1.04 bits per heavy atom. The fraction of sp³-hybridized carbons (Fsp3) is 0. The molecule has 3 aromatic carbocycles. The maximum Gasteiger partial charge on any atom is 0.262 e. The molecule has 0 amide bonds. The van der Waals surface area contributed by atoms with Gasteiger partial charge in [0, 0.05) is 14.9 Å². The number of halogens is 3. The highest BCUT2D eigenvalue weighted by Gasteiger charge is 2.20. The maximum absolute atomic E-state index is 13.1. The third kappa shape index (κ3) is 3.20. The summed E-state index contributed by atoms with van der Waals surface area (Å²) in [5, 5.41) is 1.52. The van der Waals surface area contributed by atoms with Gasteiger partial charge in [-0.2, -0.15) is 0 Å². The second-order valence-electron chi connectivity index (χ2n) is 4.82. The molecule has 0 spiro atoms. The van der Waals surface area contributed by atoms with Crippen LogP contribution in [-0.2, 0) is 10.0 Å². The SMILES string of the molecule is O=S(=O)(Nc1ccc(F)cc1Br)c1cccc2cccc(Cl)c12. The Balaban J connectivity index is 2.14. The molecule has 0 bridgehead atoms. The molecule has 1 N–H and O–H groups in total. The largest absolute Gasteiger partial charge is 0.278 e. The van der Waals surface area contributed by atoms with Crippen LogP contribution in [0.3, 0.4) is 0 Å². The van der Waals surface area contributed by atoms with Crippen molar-refractivity contribution in [2.45, 2.75) is 4.90 Å². The van der Waals surface area contributed by atoms with Gasteiger partial charge in [0.25, 0.3) is 10.0 Å². The monoisotopic (exact) mass is 413 g/mol. The highest BCUT2D eigenvalue weighted by Crippen LogP contribution is 2.32. The molecule has 118 valence electrons. The van der Waals surface area contributed by atoms with Crippen molar-refractivity contribution in [1.82, 2.24) is 0 Å². The van der Waals surface area contributed by atoms with E-state index in [0.717, 1.165) is 5.39 Å². The first-order valence-electron chi connectivity index (χ1n) is 6.53. The number of anilines is 1. The standard InChI is InChI=1S/C16H10BrClFNO2S/c17-12-9-11(19)7-8-14(12)20-23(21,22)15-6-2-4-10-3-1-5-13(18)16(10)15/h1-9,20H. The molecule has 0 heterocycles. The van der Waals surface area contributed by atoms with E-state index < -0.39 is 15.8 Å². The zero-order valence-corrected chi connectivity index (χ0v) is 14.7. The lowest BCUT2D eigenvalue weighted by molar-refractivity contribution is 0.601. The van der Waals surface area contributed by atoms with Crippen LogP contribution in [0.2, 0.25) is 5.02 Å². The Morgan fingerprint density at radius 2 is 1.74 bits per heavy atom. The molecule has 0 atom stereocenters. The average Bonchev–Trinajstić information content (AvgIpc) is 2.50. The maximum atomic E-state index is 13.1. The van der Waals surface area contributed by atoms with E-state index in [0.29, 0.717) is 14.9 Å². The summed E-state index contributed by atoms with van der Waals surface area (Å²) < 4.78 is 41.3. The van der Waals surface area contributed by atoms with Gasteiger partial charge in [-0.15, -0.1) is 0 Å². The van der Waals surface area contributed by atoms with Crippen LogP contribution in [0, 0.1) is 5.82 Å². The van der Waals surface area contributed by atoms with Crippen molar-refractivity contribution in [3.05, 3.63) is 69.9 Å². The molecular formula is C16H10BrClFNO2S. The molecule has 0 saturated heterocycles. The van der Waals surface area contributed by atoms with Gasteiger partial charge in [-0.25, -0.2) is 12.8 Å². The smallest absolute Gasteiger partial charge is 0.262 e. The van der Waals surface area contributed by atoms with Crippen molar-refractivity contribution >= 4 is 54.0 Å². The third-order valence-corrected chi connectivity index (χ3v) is 5.66. The highest BCUT2D eigenvalue weighted by molar-refractivity contribution is 9.10. The topological polar surface area (TPSA) is 46.2 Å². The molecule has 0 aromatic heterocycles. The van der Waals surface area contributed by atoms with Crippen LogP contribution in [0.4, 0.5) is 10.1 Å². The summed E-state index contributed by atoms with van der Waals surface area (Å²) >= 11 is 9.32. The van der Waals surface area contributed by atoms with Gasteiger partial charge in [0.05, 0.1) is 10.6 Å². The molecule has 0 fully saturated rings. The van der Waals surface area contributed by atoms with Crippen molar-refractivity contribution in [2.24, 2.45) is 0 Å². The number of nitrogens with one attached hydrogen (secondary N) is 1. The lowest BCUT2D eigenvalue weighted by Crippen LogP contribution is -2.14. The third-order valence-electron chi connectivity index (χ3n) is 3.28. The molecule has 0 aliphatic rings. The Kier molecular flexibility index (Phi) is 4.31. The first kappa shape index (κ1) is 16.2. The van der Waals surface area contributed by atoms with Gasteiger partial charge < -0.3 is 0 Å². The van der Waals surface area contributed by atoms with Crippen LogP contribution in [0.5, 0.6) is 0 Å². The summed E-state index contributed by atoms with van der Waals surface area (Å²) in [6, 6.07) is 13.8. The lowest BCUT2D eigenvalue weighted by atomic mass is 10.1. The number of rotatable bonds is 3. The van der Waals surface area contributed by atoms with Crippen LogP contribution in [0.1, 0.15) is 0 Å². The summed E-state index contributed by atoms with van der Waals surface area (Å²) in [5.74, 6) is -0.465. The van der Waals surface area contributed by atoms with E-state index in [-0.39, 0.29) is 10.6 Å². The molecule has 23 heavy (non-hydrogen) atoms. The Morgan fingerprint density at radius 3 is 2.43 bits per heavy atom. The van der Waals surface area contributed by atoms with E-state index in [2.05, 4.69) is 20.7 Å². The first-order chi connectivity index (χ1) is 10.9. The van der Waals surface area contributed by atoms with Crippen LogP contribution in [0.15, 0.2) is 64.0 Å². The molecule has 3 aromatic rings. The number of hydrogen-bond donors (Lipinski definition) is 1. The summed E-state index contributed by atoms with van der Waals surface area (Å²) in [6.45, 7) is 0. The summed E-state index contributed by atoms with van der Waals surface area (Å²) in [7, 11) is -3.88. The fourth-order valence-corrected chi connectivity index (χ4v) is 4.51.